The van der Waals surface area contributed by atoms with Crippen molar-refractivity contribution in [1.82, 2.24) is 15.2 Å². The van der Waals surface area contributed by atoms with Crippen LogP contribution in [-0.2, 0) is 6.42 Å². The summed E-state index contributed by atoms with van der Waals surface area (Å²) in [6.07, 6.45) is 5.93. The maximum atomic E-state index is 12.5. The predicted octanol–water partition coefficient (Wildman–Crippen LogP) is 2.74. The van der Waals surface area contributed by atoms with E-state index in [1.165, 1.54) is 11.3 Å². The monoisotopic (exact) mass is 317 g/mol. The molecule has 7 heteroatoms. The fraction of sp³-hybridized carbons (Fsp3) is 0.467. The minimum atomic E-state index is -0.172. The molecule has 1 saturated heterocycles. The highest BCUT2D eigenvalue weighted by Crippen LogP contribution is 2.24. The van der Waals surface area contributed by atoms with Crippen LogP contribution in [0.3, 0.4) is 0 Å². The Labute approximate surface area is 133 Å². The minimum absolute atomic E-state index is 0.172. The molecular formula is C15H19N5OS. The zero-order chi connectivity index (χ0) is 15.4. The number of aryl methyl sites for hydroxylation is 1. The van der Waals surface area contributed by atoms with E-state index in [2.05, 4.69) is 32.3 Å². The van der Waals surface area contributed by atoms with Crippen LogP contribution in [0.25, 0.3) is 0 Å². The van der Waals surface area contributed by atoms with Crippen molar-refractivity contribution in [3.8, 4) is 0 Å². The molecule has 1 aliphatic rings. The first-order valence-corrected chi connectivity index (χ1v) is 8.43. The van der Waals surface area contributed by atoms with Crippen LogP contribution in [0.4, 0.5) is 10.9 Å². The molecule has 6 nitrogen and oxygen atoms in total. The summed E-state index contributed by atoms with van der Waals surface area (Å²) in [5, 5.41) is 12.4. The average Bonchev–Trinajstić information content (AvgIpc) is 3.19. The van der Waals surface area contributed by atoms with Crippen molar-refractivity contribution in [3.05, 3.63) is 28.9 Å². The Hall–Kier alpha value is -2.02. The lowest BCUT2D eigenvalue weighted by atomic mass is 10.2. The van der Waals surface area contributed by atoms with Crippen LogP contribution < -0.4 is 10.2 Å². The third kappa shape index (κ3) is 3.24. The molecule has 1 fully saturated rings. The van der Waals surface area contributed by atoms with E-state index in [1.807, 2.05) is 6.07 Å². The molecule has 3 rings (SSSR count). The number of aromatic nitrogens is 3. The number of nitrogens with one attached hydrogen (secondary N) is 1. The summed E-state index contributed by atoms with van der Waals surface area (Å²) in [7, 11) is 0. The molecule has 0 aliphatic carbocycles. The molecule has 1 amide bonds. The largest absolute Gasteiger partial charge is 0.356 e. The van der Waals surface area contributed by atoms with E-state index in [4.69, 9.17) is 0 Å². The van der Waals surface area contributed by atoms with E-state index >= 15 is 0 Å². The molecule has 0 saturated carbocycles. The fourth-order valence-electron chi connectivity index (χ4n) is 2.54. The van der Waals surface area contributed by atoms with Gasteiger partial charge in [0.15, 0.2) is 0 Å². The van der Waals surface area contributed by atoms with Crippen LogP contribution >= 0.6 is 11.3 Å². The summed E-state index contributed by atoms with van der Waals surface area (Å²) in [6.45, 7) is 4.01. The predicted molar refractivity (Wildman–Crippen MR) is 87.5 cm³/mol. The topological polar surface area (TPSA) is 71.0 Å². The second kappa shape index (κ2) is 6.83. The van der Waals surface area contributed by atoms with Gasteiger partial charge in [-0.2, -0.15) is 0 Å². The molecule has 0 bridgehead atoms. The van der Waals surface area contributed by atoms with E-state index in [-0.39, 0.29) is 5.91 Å². The standard InChI is InChI=1S/C15H19N5OS/c1-2-6-12-18-19-15(22-12)17-14(21)11-7-5-8-16-13(11)20-9-3-4-10-20/h5,7-8H,2-4,6,9-10H2,1H3,(H,17,19,21). The molecule has 116 valence electrons. The molecule has 2 aromatic rings. The minimum Gasteiger partial charge on any atom is -0.356 e. The van der Waals surface area contributed by atoms with Gasteiger partial charge in [0, 0.05) is 25.7 Å². The first-order valence-electron chi connectivity index (χ1n) is 7.61. The highest BCUT2D eigenvalue weighted by Gasteiger charge is 2.21. The lowest BCUT2D eigenvalue weighted by molar-refractivity contribution is 0.102. The summed E-state index contributed by atoms with van der Waals surface area (Å²) in [4.78, 5) is 19.1. The fourth-order valence-corrected chi connectivity index (χ4v) is 3.37. The maximum Gasteiger partial charge on any atom is 0.261 e. The van der Waals surface area contributed by atoms with Crippen molar-refractivity contribution in [2.75, 3.05) is 23.3 Å². The number of rotatable bonds is 5. The first-order chi connectivity index (χ1) is 10.8. The summed E-state index contributed by atoms with van der Waals surface area (Å²) < 4.78 is 0. The molecule has 1 N–H and O–H groups in total. The molecule has 0 spiro atoms. The van der Waals surface area contributed by atoms with Crippen molar-refractivity contribution in [2.24, 2.45) is 0 Å². The number of hydrogen-bond acceptors (Lipinski definition) is 6. The van der Waals surface area contributed by atoms with Crippen molar-refractivity contribution >= 4 is 28.2 Å². The molecule has 0 aromatic carbocycles. The van der Waals surface area contributed by atoms with Gasteiger partial charge in [-0.15, -0.1) is 10.2 Å². The van der Waals surface area contributed by atoms with Gasteiger partial charge in [-0.1, -0.05) is 18.3 Å². The van der Waals surface area contributed by atoms with E-state index in [1.54, 1.807) is 12.3 Å². The number of pyridine rings is 1. The number of amides is 1. The van der Waals surface area contributed by atoms with Gasteiger partial charge in [0.2, 0.25) is 5.13 Å². The van der Waals surface area contributed by atoms with E-state index in [0.29, 0.717) is 10.7 Å². The third-order valence-corrected chi connectivity index (χ3v) is 4.49. The van der Waals surface area contributed by atoms with Crippen molar-refractivity contribution in [1.29, 1.82) is 0 Å². The van der Waals surface area contributed by atoms with Crippen LogP contribution in [0, 0.1) is 0 Å². The lowest BCUT2D eigenvalue weighted by Gasteiger charge is -2.18. The first kappa shape index (κ1) is 14.9. The Kier molecular flexibility index (Phi) is 4.62. The SMILES string of the molecule is CCCc1nnc(NC(=O)c2cccnc2N2CCCC2)s1. The van der Waals surface area contributed by atoms with Gasteiger partial charge in [-0.05, 0) is 31.4 Å². The zero-order valence-electron chi connectivity index (χ0n) is 12.6. The van der Waals surface area contributed by atoms with E-state index in [0.717, 1.165) is 49.6 Å². The van der Waals surface area contributed by atoms with Crippen molar-refractivity contribution < 1.29 is 4.79 Å². The molecule has 3 heterocycles. The normalized spacial score (nSPS) is 14.3. The molecule has 0 unspecified atom stereocenters. The number of carbonyl (C=O) groups excluding carboxylic acids is 1. The summed E-state index contributed by atoms with van der Waals surface area (Å²) in [6, 6.07) is 3.60. The van der Waals surface area contributed by atoms with Crippen LogP contribution in [0.1, 0.15) is 41.6 Å². The highest BCUT2D eigenvalue weighted by atomic mass is 32.1. The van der Waals surface area contributed by atoms with Crippen LogP contribution in [0.15, 0.2) is 18.3 Å². The van der Waals surface area contributed by atoms with Gasteiger partial charge in [0.1, 0.15) is 10.8 Å². The van der Waals surface area contributed by atoms with E-state index in [9.17, 15) is 4.79 Å². The quantitative estimate of drug-likeness (QED) is 0.918. The Balaban J connectivity index is 1.76. The molecular weight excluding hydrogens is 298 g/mol. The maximum absolute atomic E-state index is 12.5. The Bertz CT molecular complexity index is 651. The van der Waals surface area contributed by atoms with Crippen molar-refractivity contribution in [3.63, 3.8) is 0 Å². The van der Waals surface area contributed by atoms with Gasteiger partial charge in [-0.25, -0.2) is 4.98 Å². The molecule has 22 heavy (non-hydrogen) atoms. The van der Waals surface area contributed by atoms with Gasteiger partial charge >= 0.3 is 0 Å². The van der Waals surface area contributed by atoms with Gasteiger partial charge in [0.05, 0.1) is 5.56 Å². The number of nitrogens with zero attached hydrogens (tertiary/aromatic N) is 4. The third-order valence-electron chi connectivity index (χ3n) is 3.59. The second-order valence-corrected chi connectivity index (χ2v) is 6.34. The Morgan fingerprint density at radius 3 is 2.95 bits per heavy atom. The molecule has 1 aliphatic heterocycles. The molecule has 2 aromatic heterocycles. The smallest absolute Gasteiger partial charge is 0.261 e. The van der Waals surface area contributed by atoms with Gasteiger partial charge < -0.3 is 4.90 Å². The Morgan fingerprint density at radius 1 is 1.36 bits per heavy atom. The Morgan fingerprint density at radius 2 is 2.18 bits per heavy atom. The van der Waals surface area contributed by atoms with Gasteiger partial charge in [0.25, 0.3) is 5.91 Å². The van der Waals surface area contributed by atoms with Crippen LogP contribution in [-0.4, -0.2) is 34.2 Å². The highest BCUT2D eigenvalue weighted by molar-refractivity contribution is 7.15. The molecule has 0 atom stereocenters. The van der Waals surface area contributed by atoms with E-state index < -0.39 is 0 Å². The zero-order valence-corrected chi connectivity index (χ0v) is 13.4. The van der Waals surface area contributed by atoms with Crippen LogP contribution in [0.2, 0.25) is 0 Å². The summed E-state index contributed by atoms with van der Waals surface area (Å²) in [5.41, 5.74) is 0.594. The number of carbonyl (C=O) groups is 1. The lowest BCUT2D eigenvalue weighted by Crippen LogP contribution is -2.24. The number of anilines is 2. The second-order valence-electron chi connectivity index (χ2n) is 5.27. The van der Waals surface area contributed by atoms with Crippen molar-refractivity contribution in [2.45, 2.75) is 32.6 Å². The summed E-state index contributed by atoms with van der Waals surface area (Å²) >= 11 is 1.43. The summed E-state index contributed by atoms with van der Waals surface area (Å²) in [5.74, 6) is 0.588. The van der Waals surface area contributed by atoms with Gasteiger partial charge in [-0.3, -0.25) is 10.1 Å². The average molecular weight is 317 g/mol. The van der Waals surface area contributed by atoms with Crippen LogP contribution in [0.5, 0.6) is 0 Å². The number of hydrogen-bond donors (Lipinski definition) is 1. The molecule has 0 radical (unpaired) electrons.